The highest BCUT2D eigenvalue weighted by Crippen LogP contribution is 2.22. The third-order valence-corrected chi connectivity index (χ3v) is 1.98. The number of hydrogen-bond acceptors (Lipinski definition) is 2. The predicted octanol–water partition coefficient (Wildman–Crippen LogP) is 1.50. The molecular formula is C10H9F2NO3. The van der Waals surface area contributed by atoms with Crippen LogP contribution < -0.4 is 5.32 Å². The molecule has 0 bridgehead atoms. The molecule has 1 atom stereocenters. The van der Waals surface area contributed by atoms with Gasteiger partial charge in [-0.1, -0.05) is 18.2 Å². The van der Waals surface area contributed by atoms with Crippen LogP contribution in [0.3, 0.4) is 0 Å². The van der Waals surface area contributed by atoms with E-state index in [1.807, 2.05) is 5.32 Å². The van der Waals surface area contributed by atoms with Crippen molar-refractivity contribution in [3.8, 4) is 0 Å². The second kappa shape index (κ2) is 5.20. The average molecular weight is 229 g/mol. The maximum absolute atomic E-state index is 12.4. The van der Waals surface area contributed by atoms with E-state index in [0.29, 0.717) is 0 Å². The number of amides is 1. The summed E-state index contributed by atoms with van der Waals surface area (Å²) in [5, 5.41) is 10.8. The highest BCUT2D eigenvalue weighted by atomic mass is 19.3. The zero-order valence-corrected chi connectivity index (χ0v) is 8.06. The van der Waals surface area contributed by atoms with Crippen molar-refractivity contribution in [2.24, 2.45) is 0 Å². The fourth-order valence-electron chi connectivity index (χ4n) is 1.25. The predicted molar refractivity (Wildman–Crippen MR) is 51.0 cm³/mol. The van der Waals surface area contributed by atoms with E-state index < -0.39 is 18.4 Å². The SMILES string of the molecule is O=CNC(C(=O)O)c1cccc(C(F)F)c1. The van der Waals surface area contributed by atoms with Gasteiger partial charge < -0.3 is 10.4 Å². The third kappa shape index (κ3) is 2.75. The number of nitrogens with one attached hydrogen (secondary N) is 1. The van der Waals surface area contributed by atoms with Crippen molar-refractivity contribution in [3.05, 3.63) is 35.4 Å². The van der Waals surface area contributed by atoms with Gasteiger partial charge in [-0.2, -0.15) is 0 Å². The van der Waals surface area contributed by atoms with E-state index in [-0.39, 0.29) is 17.5 Å². The molecule has 0 aliphatic carbocycles. The third-order valence-electron chi connectivity index (χ3n) is 1.98. The maximum atomic E-state index is 12.4. The molecule has 0 saturated heterocycles. The summed E-state index contributed by atoms with van der Waals surface area (Å²) < 4.78 is 24.7. The van der Waals surface area contributed by atoms with Gasteiger partial charge in [-0.15, -0.1) is 0 Å². The van der Waals surface area contributed by atoms with E-state index in [1.165, 1.54) is 18.2 Å². The van der Waals surface area contributed by atoms with Crippen molar-refractivity contribution >= 4 is 12.4 Å². The molecule has 0 aliphatic rings. The fraction of sp³-hybridized carbons (Fsp3) is 0.200. The van der Waals surface area contributed by atoms with Crippen molar-refractivity contribution in [2.75, 3.05) is 0 Å². The molecule has 2 N–H and O–H groups in total. The first-order chi connectivity index (χ1) is 7.56. The smallest absolute Gasteiger partial charge is 0.330 e. The van der Waals surface area contributed by atoms with Gasteiger partial charge in [0.2, 0.25) is 6.41 Å². The molecular weight excluding hydrogens is 220 g/mol. The molecule has 1 unspecified atom stereocenters. The normalized spacial score (nSPS) is 12.2. The van der Waals surface area contributed by atoms with Crippen LogP contribution in [0.4, 0.5) is 8.78 Å². The van der Waals surface area contributed by atoms with Crippen LogP contribution in [0, 0.1) is 0 Å². The molecule has 0 aromatic heterocycles. The highest BCUT2D eigenvalue weighted by molar-refractivity contribution is 5.78. The van der Waals surface area contributed by atoms with E-state index in [1.54, 1.807) is 0 Å². The molecule has 0 fully saturated rings. The number of rotatable bonds is 5. The molecule has 0 heterocycles. The summed E-state index contributed by atoms with van der Waals surface area (Å²) in [4.78, 5) is 21.0. The molecule has 1 rings (SSSR count). The number of alkyl halides is 2. The summed E-state index contributed by atoms with van der Waals surface area (Å²) in [5.41, 5.74) is -0.172. The quantitative estimate of drug-likeness (QED) is 0.752. The Morgan fingerprint density at radius 3 is 2.50 bits per heavy atom. The molecule has 6 heteroatoms. The number of carboxylic acid groups (broad SMARTS) is 1. The minimum Gasteiger partial charge on any atom is -0.479 e. The van der Waals surface area contributed by atoms with Crippen molar-refractivity contribution in [1.82, 2.24) is 5.32 Å². The van der Waals surface area contributed by atoms with E-state index >= 15 is 0 Å². The van der Waals surface area contributed by atoms with Crippen molar-refractivity contribution in [1.29, 1.82) is 0 Å². The number of benzene rings is 1. The molecule has 4 nitrogen and oxygen atoms in total. The van der Waals surface area contributed by atoms with Gasteiger partial charge in [0.25, 0.3) is 6.43 Å². The van der Waals surface area contributed by atoms with Crippen molar-refractivity contribution in [2.45, 2.75) is 12.5 Å². The van der Waals surface area contributed by atoms with Gasteiger partial charge in [-0.25, -0.2) is 13.6 Å². The van der Waals surface area contributed by atoms with Gasteiger partial charge in [-0.05, 0) is 11.6 Å². The first kappa shape index (κ1) is 12.1. The topological polar surface area (TPSA) is 66.4 Å². The van der Waals surface area contributed by atoms with Gasteiger partial charge in [0.1, 0.15) is 0 Å². The van der Waals surface area contributed by atoms with Crippen molar-refractivity contribution < 1.29 is 23.5 Å². The van der Waals surface area contributed by atoms with Crippen LogP contribution >= 0.6 is 0 Å². The summed E-state index contributed by atoms with van der Waals surface area (Å²) in [6.45, 7) is 0. The minimum absolute atomic E-state index is 0.109. The maximum Gasteiger partial charge on any atom is 0.330 e. The Balaban J connectivity index is 3.04. The molecule has 0 aliphatic heterocycles. The molecule has 1 amide bonds. The Kier molecular flexibility index (Phi) is 3.93. The fourth-order valence-corrected chi connectivity index (χ4v) is 1.25. The van der Waals surface area contributed by atoms with E-state index in [2.05, 4.69) is 0 Å². The van der Waals surface area contributed by atoms with Gasteiger partial charge in [0.05, 0.1) is 0 Å². The summed E-state index contributed by atoms with van der Waals surface area (Å²) >= 11 is 0. The van der Waals surface area contributed by atoms with Crippen LogP contribution in [0.1, 0.15) is 23.6 Å². The van der Waals surface area contributed by atoms with Crippen LogP contribution in [-0.4, -0.2) is 17.5 Å². The van der Waals surface area contributed by atoms with Crippen LogP contribution in [0.5, 0.6) is 0 Å². The number of aliphatic carboxylic acids is 1. The number of carbonyl (C=O) groups excluding carboxylic acids is 1. The molecule has 86 valence electrons. The Morgan fingerprint density at radius 2 is 2.00 bits per heavy atom. The monoisotopic (exact) mass is 229 g/mol. The lowest BCUT2D eigenvalue weighted by Crippen LogP contribution is -2.27. The number of hydrogen-bond donors (Lipinski definition) is 2. The zero-order chi connectivity index (χ0) is 12.1. The standard InChI is InChI=1S/C10H9F2NO3/c11-9(12)7-3-1-2-6(4-7)8(10(15)16)13-5-14/h1-5,8-9H,(H,13,14)(H,15,16). The van der Waals surface area contributed by atoms with E-state index in [0.717, 1.165) is 6.07 Å². The molecule has 0 spiro atoms. The minimum atomic E-state index is -2.68. The largest absolute Gasteiger partial charge is 0.479 e. The van der Waals surface area contributed by atoms with Crippen LogP contribution in [0.15, 0.2) is 24.3 Å². The van der Waals surface area contributed by atoms with Gasteiger partial charge in [0.15, 0.2) is 6.04 Å². The Bertz CT molecular complexity index is 395. The lowest BCUT2D eigenvalue weighted by molar-refractivity contribution is -0.140. The molecule has 0 radical (unpaired) electrons. The van der Waals surface area contributed by atoms with Gasteiger partial charge in [0, 0.05) is 5.56 Å². The average Bonchev–Trinajstić information content (AvgIpc) is 2.25. The Hall–Kier alpha value is -1.98. The first-order valence-corrected chi connectivity index (χ1v) is 4.36. The second-order valence-electron chi connectivity index (χ2n) is 3.03. The Labute approximate surface area is 89.9 Å². The van der Waals surface area contributed by atoms with Gasteiger partial charge in [-0.3, -0.25) is 4.79 Å². The summed E-state index contributed by atoms with van der Waals surface area (Å²) in [6.07, 6.45) is -2.46. The van der Waals surface area contributed by atoms with Crippen LogP contribution in [0.25, 0.3) is 0 Å². The van der Waals surface area contributed by atoms with Crippen molar-refractivity contribution in [3.63, 3.8) is 0 Å². The molecule has 16 heavy (non-hydrogen) atoms. The summed E-state index contributed by atoms with van der Waals surface area (Å²) in [7, 11) is 0. The molecule has 1 aromatic rings. The lowest BCUT2D eigenvalue weighted by Gasteiger charge is -2.12. The highest BCUT2D eigenvalue weighted by Gasteiger charge is 2.20. The Morgan fingerprint density at radius 1 is 1.38 bits per heavy atom. The molecule has 1 aromatic carbocycles. The van der Waals surface area contributed by atoms with E-state index in [4.69, 9.17) is 5.11 Å². The number of carboxylic acids is 1. The number of halogens is 2. The van der Waals surface area contributed by atoms with Crippen LogP contribution in [0.2, 0.25) is 0 Å². The van der Waals surface area contributed by atoms with Crippen LogP contribution in [-0.2, 0) is 9.59 Å². The van der Waals surface area contributed by atoms with Gasteiger partial charge >= 0.3 is 5.97 Å². The number of carbonyl (C=O) groups is 2. The second-order valence-corrected chi connectivity index (χ2v) is 3.03. The first-order valence-electron chi connectivity index (χ1n) is 4.36. The zero-order valence-electron chi connectivity index (χ0n) is 8.06. The summed E-state index contributed by atoms with van der Waals surface area (Å²) in [6, 6.07) is 3.62. The van der Waals surface area contributed by atoms with E-state index in [9.17, 15) is 18.4 Å². The summed E-state index contributed by atoms with van der Waals surface area (Å²) in [5.74, 6) is -1.31. The molecule has 0 saturated carbocycles. The lowest BCUT2D eigenvalue weighted by atomic mass is 10.0.